The molecule has 1 unspecified atom stereocenters. The van der Waals surface area contributed by atoms with Crippen LogP contribution in [0.25, 0.3) is 11.0 Å². The van der Waals surface area contributed by atoms with E-state index in [0.29, 0.717) is 12.1 Å². The number of para-hydroxylation sites is 2. The lowest BCUT2D eigenvalue weighted by Gasteiger charge is -2.34. The molecule has 0 saturated carbocycles. The summed E-state index contributed by atoms with van der Waals surface area (Å²) in [6.45, 7) is 1.64. The van der Waals surface area contributed by atoms with Gasteiger partial charge in [-0.05, 0) is 74.5 Å². The predicted molar refractivity (Wildman–Crippen MR) is 129 cm³/mol. The van der Waals surface area contributed by atoms with E-state index < -0.39 is 0 Å². The molecule has 6 heteroatoms. The molecule has 4 aromatic rings. The van der Waals surface area contributed by atoms with Gasteiger partial charge in [-0.1, -0.05) is 24.3 Å². The average molecular weight is 440 g/mol. The average Bonchev–Trinajstić information content (AvgIpc) is 3.28. The van der Waals surface area contributed by atoms with Crippen LogP contribution in [0.5, 0.6) is 0 Å². The van der Waals surface area contributed by atoms with E-state index >= 15 is 0 Å². The van der Waals surface area contributed by atoms with Crippen LogP contribution in [0.1, 0.15) is 65.7 Å². The number of aromatic amines is 1. The summed E-state index contributed by atoms with van der Waals surface area (Å²) in [5.41, 5.74) is 5.17. The number of carbonyl (C=O) groups is 1. The van der Waals surface area contributed by atoms with Gasteiger partial charge in [0.15, 0.2) is 5.78 Å². The Morgan fingerprint density at radius 1 is 1.00 bits per heavy atom. The van der Waals surface area contributed by atoms with E-state index in [1.165, 1.54) is 11.3 Å². The molecular formula is C27H29N5O. The van der Waals surface area contributed by atoms with Gasteiger partial charge in [-0.25, -0.2) is 4.98 Å². The molecule has 1 aliphatic carbocycles. The summed E-state index contributed by atoms with van der Waals surface area (Å²) in [4.78, 5) is 32.2. The summed E-state index contributed by atoms with van der Waals surface area (Å²) < 4.78 is 0. The van der Waals surface area contributed by atoms with Crippen LogP contribution in [0.2, 0.25) is 0 Å². The number of nitrogens with zero attached hydrogens (tertiary/aromatic N) is 4. The molecule has 33 heavy (non-hydrogen) atoms. The number of rotatable bonds is 9. The van der Waals surface area contributed by atoms with Crippen molar-refractivity contribution >= 4 is 16.8 Å². The summed E-state index contributed by atoms with van der Waals surface area (Å²) >= 11 is 0. The molecule has 0 bridgehead atoms. The molecule has 0 radical (unpaired) electrons. The van der Waals surface area contributed by atoms with Crippen molar-refractivity contribution in [2.75, 3.05) is 6.54 Å². The number of carbonyl (C=O) groups excluding carboxylic acids is 1. The van der Waals surface area contributed by atoms with Gasteiger partial charge in [0, 0.05) is 18.8 Å². The SMILES string of the molecule is O=C(CCCCN(Cc1nc2ccccc2[nH]1)C1CCCc2cccnc21)c1ccccn1. The number of unbranched alkanes of at least 4 members (excludes halogenated alkanes) is 1. The number of fused-ring (bicyclic) bond motifs is 2. The van der Waals surface area contributed by atoms with Crippen molar-refractivity contribution in [2.24, 2.45) is 0 Å². The zero-order valence-corrected chi connectivity index (χ0v) is 18.8. The molecule has 0 aliphatic heterocycles. The first-order valence-corrected chi connectivity index (χ1v) is 11.8. The van der Waals surface area contributed by atoms with Crippen LogP contribution in [0.3, 0.4) is 0 Å². The number of pyridine rings is 2. The maximum atomic E-state index is 12.4. The summed E-state index contributed by atoms with van der Waals surface area (Å²) in [6.07, 6.45) is 9.24. The Kier molecular flexibility index (Phi) is 6.53. The molecule has 3 heterocycles. The van der Waals surface area contributed by atoms with Crippen molar-refractivity contribution < 1.29 is 4.79 Å². The van der Waals surface area contributed by atoms with Crippen LogP contribution in [0, 0.1) is 0 Å². The minimum absolute atomic E-state index is 0.115. The second-order valence-corrected chi connectivity index (χ2v) is 8.72. The van der Waals surface area contributed by atoms with Gasteiger partial charge in [-0.2, -0.15) is 0 Å². The Bertz CT molecular complexity index is 1190. The minimum Gasteiger partial charge on any atom is -0.341 e. The first-order chi connectivity index (χ1) is 16.3. The fraction of sp³-hybridized carbons (Fsp3) is 0.333. The summed E-state index contributed by atoms with van der Waals surface area (Å²) in [5, 5.41) is 0. The van der Waals surface area contributed by atoms with Gasteiger partial charge in [0.25, 0.3) is 0 Å². The molecule has 0 spiro atoms. The monoisotopic (exact) mass is 439 g/mol. The van der Waals surface area contributed by atoms with E-state index in [1.807, 2.05) is 42.6 Å². The van der Waals surface area contributed by atoms with E-state index in [2.05, 4.69) is 27.0 Å². The number of H-pyrrole nitrogens is 1. The standard InChI is InChI=1S/C27H29N5O/c33-25(23-13-3-5-16-28-23)15-4-6-18-32(19-26-30-21-11-1-2-12-22(21)31-26)24-14-7-9-20-10-8-17-29-27(20)24/h1-3,5,8,10-13,16-17,24H,4,6-7,9,14-15,18-19H2,(H,30,31). The largest absolute Gasteiger partial charge is 0.341 e. The smallest absolute Gasteiger partial charge is 0.181 e. The molecule has 0 saturated heterocycles. The second kappa shape index (κ2) is 10.0. The highest BCUT2D eigenvalue weighted by molar-refractivity contribution is 5.94. The number of hydrogen-bond donors (Lipinski definition) is 1. The highest BCUT2D eigenvalue weighted by Crippen LogP contribution is 2.34. The highest BCUT2D eigenvalue weighted by Gasteiger charge is 2.27. The van der Waals surface area contributed by atoms with Crippen molar-refractivity contribution in [3.05, 3.63) is 89.8 Å². The lowest BCUT2D eigenvalue weighted by atomic mass is 9.90. The Morgan fingerprint density at radius 2 is 1.88 bits per heavy atom. The van der Waals surface area contributed by atoms with E-state index in [1.54, 1.807) is 12.3 Å². The van der Waals surface area contributed by atoms with E-state index in [0.717, 1.165) is 62.1 Å². The Balaban J connectivity index is 1.30. The lowest BCUT2D eigenvalue weighted by Crippen LogP contribution is -2.33. The zero-order chi connectivity index (χ0) is 22.5. The van der Waals surface area contributed by atoms with Crippen molar-refractivity contribution in [1.82, 2.24) is 24.8 Å². The molecule has 3 aromatic heterocycles. The first kappa shape index (κ1) is 21.5. The first-order valence-electron chi connectivity index (χ1n) is 11.8. The fourth-order valence-electron chi connectivity index (χ4n) is 4.81. The fourth-order valence-corrected chi connectivity index (χ4v) is 4.81. The van der Waals surface area contributed by atoms with E-state index in [4.69, 9.17) is 9.97 Å². The Morgan fingerprint density at radius 3 is 2.76 bits per heavy atom. The highest BCUT2D eigenvalue weighted by atomic mass is 16.1. The van der Waals surface area contributed by atoms with Crippen molar-refractivity contribution in [3.63, 3.8) is 0 Å². The second-order valence-electron chi connectivity index (χ2n) is 8.72. The zero-order valence-electron chi connectivity index (χ0n) is 18.8. The normalized spacial score (nSPS) is 15.6. The molecule has 1 N–H and O–H groups in total. The third-order valence-electron chi connectivity index (χ3n) is 6.45. The number of aryl methyl sites for hydroxylation is 1. The van der Waals surface area contributed by atoms with Crippen molar-refractivity contribution in [1.29, 1.82) is 0 Å². The molecule has 0 amide bonds. The number of hydrogen-bond acceptors (Lipinski definition) is 5. The van der Waals surface area contributed by atoms with Crippen LogP contribution in [-0.4, -0.2) is 37.2 Å². The Hall–Kier alpha value is -3.38. The number of Topliss-reactive ketones (excluding diaryl/α,β-unsaturated/α-hetero) is 1. The molecular weight excluding hydrogens is 410 g/mol. The molecule has 1 aromatic carbocycles. The van der Waals surface area contributed by atoms with Crippen molar-refractivity contribution in [3.8, 4) is 0 Å². The number of imidazole rings is 1. The van der Waals surface area contributed by atoms with Crippen LogP contribution < -0.4 is 0 Å². The molecule has 5 rings (SSSR count). The number of ketones is 1. The van der Waals surface area contributed by atoms with Gasteiger partial charge in [0.1, 0.15) is 11.5 Å². The van der Waals surface area contributed by atoms with Gasteiger partial charge in [-0.15, -0.1) is 0 Å². The summed E-state index contributed by atoms with van der Waals surface area (Å²) in [5.74, 6) is 1.09. The molecule has 1 aliphatic rings. The molecule has 168 valence electrons. The third-order valence-corrected chi connectivity index (χ3v) is 6.45. The van der Waals surface area contributed by atoms with E-state index in [-0.39, 0.29) is 11.8 Å². The maximum absolute atomic E-state index is 12.4. The summed E-state index contributed by atoms with van der Waals surface area (Å²) in [6, 6.07) is 18.2. The predicted octanol–water partition coefficient (Wildman–Crippen LogP) is 5.29. The molecule has 1 atom stereocenters. The van der Waals surface area contributed by atoms with E-state index in [9.17, 15) is 4.79 Å². The topological polar surface area (TPSA) is 74.8 Å². The maximum Gasteiger partial charge on any atom is 0.181 e. The van der Waals surface area contributed by atoms with Gasteiger partial charge in [-0.3, -0.25) is 19.7 Å². The minimum atomic E-state index is 0.115. The number of benzene rings is 1. The van der Waals surface area contributed by atoms with Gasteiger partial charge in [0.2, 0.25) is 0 Å². The van der Waals surface area contributed by atoms with Gasteiger partial charge < -0.3 is 4.98 Å². The van der Waals surface area contributed by atoms with Crippen LogP contribution in [-0.2, 0) is 13.0 Å². The Labute approximate surface area is 194 Å². The molecule has 6 nitrogen and oxygen atoms in total. The number of nitrogens with one attached hydrogen (secondary N) is 1. The van der Waals surface area contributed by atoms with Crippen LogP contribution in [0.15, 0.2) is 67.0 Å². The number of aromatic nitrogens is 4. The van der Waals surface area contributed by atoms with Crippen LogP contribution >= 0.6 is 0 Å². The summed E-state index contributed by atoms with van der Waals surface area (Å²) in [7, 11) is 0. The quantitative estimate of drug-likeness (QED) is 0.283. The third kappa shape index (κ3) is 5.01. The van der Waals surface area contributed by atoms with Crippen LogP contribution in [0.4, 0.5) is 0 Å². The van der Waals surface area contributed by atoms with Gasteiger partial charge in [0.05, 0.1) is 29.3 Å². The molecule has 0 fully saturated rings. The van der Waals surface area contributed by atoms with Gasteiger partial charge >= 0.3 is 0 Å². The van der Waals surface area contributed by atoms with Crippen molar-refractivity contribution in [2.45, 2.75) is 51.1 Å². The lowest BCUT2D eigenvalue weighted by molar-refractivity contribution is 0.0970.